The molecule has 0 amide bonds. The maximum Gasteiger partial charge on any atom is 0.169 e. The third kappa shape index (κ3) is 1.72. The smallest absolute Gasteiger partial charge is 0.169 e. The van der Waals surface area contributed by atoms with Crippen molar-refractivity contribution in [3.8, 4) is 6.07 Å². The molecule has 5 heteroatoms. The van der Waals surface area contributed by atoms with Crippen LogP contribution in [0.25, 0.3) is 0 Å². The van der Waals surface area contributed by atoms with E-state index in [0.717, 1.165) is 24.2 Å². The van der Waals surface area contributed by atoms with Crippen LogP contribution in [-0.2, 0) is 0 Å². The van der Waals surface area contributed by atoms with Crippen molar-refractivity contribution in [3.05, 3.63) is 16.8 Å². The van der Waals surface area contributed by atoms with Crippen molar-refractivity contribution in [1.82, 2.24) is 10.2 Å². The molecule has 0 radical (unpaired) electrons. The summed E-state index contributed by atoms with van der Waals surface area (Å²) in [5, 5.41) is 26.7. The number of nitrogens with zero attached hydrogens (tertiary/aromatic N) is 4. The summed E-state index contributed by atoms with van der Waals surface area (Å²) in [6, 6.07) is 2.17. The zero-order valence-corrected chi connectivity index (χ0v) is 9.43. The van der Waals surface area contributed by atoms with E-state index in [1.54, 1.807) is 0 Å². The average Bonchev–Trinajstić information content (AvgIpc) is 2.68. The van der Waals surface area contributed by atoms with Crippen LogP contribution in [0.15, 0.2) is 0 Å². The normalized spacial score (nSPS) is 19.9. The lowest BCUT2D eigenvalue weighted by Gasteiger charge is -2.18. The maximum atomic E-state index is 9.48. The number of β-amino-alcohol motifs (C(OH)–C–C–N with tert-alkyl or cyclic N) is 1. The molecular weight excluding hydrogens is 204 g/mol. The van der Waals surface area contributed by atoms with E-state index >= 15 is 0 Å². The summed E-state index contributed by atoms with van der Waals surface area (Å²) >= 11 is 0. The molecule has 0 spiro atoms. The minimum Gasteiger partial charge on any atom is -0.391 e. The number of aryl methyl sites for hydroxylation is 1. The Bertz CT molecular complexity index is 452. The van der Waals surface area contributed by atoms with Crippen LogP contribution in [0.1, 0.15) is 23.2 Å². The first-order valence-corrected chi connectivity index (χ1v) is 5.30. The predicted molar refractivity (Wildman–Crippen MR) is 59.1 cm³/mol. The van der Waals surface area contributed by atoms with Gasteiger partial charge in [-0.15, -0.1) is 5.10 Å². The summed E-state index contributed by atoms with van der Waals surface area (Å²) in [6.45, 7) is 4.98. The number of rotatable bonds is 1. The van der Waals surface area contributed by atoms with Crippen molar-refractivity contribution in [3.63, 3.8) is 0 Å². The molecule has 84 valence electrons. The zero-order chi connectivity index (χ0) is 11.7. The van der Waals surface area contributed by atoms with Gasteiger partial charge in [-0.3, -0.25) is 0 Å². The number of hydrogen-bond acceptors (Lipinski definition) is 5. The first-order valence-electron chi connectivity index (χ1n) is 5.30. The number of anilines is 1. The predicted octanol–water partition coefficient (Wildman–Crippen LogP) is 0.536. The van der Waals surface area contributed by atoms with Gasteiger partial charge in [0.2, 0.25) is 0 Å². The van der Waals surface area contributed by atoms with Crippen molar-refractivity contribution < 1.29 is 5.11 Å². The van der Waals surface area contributed by atoms with E-state index in [-0.39, 0.29) is 6.10 Å². The molecule has 0 aromatic carbocycles. The number of hydrogen-bond donors (Lipinski definition) is 1. The summed E-state index contributed by atoms with van der Waals surface area (Å²) in [6.07, 6.45) is 0.398. The lowest BCUT2D eigenvalue weighted by molar-refractivity contribution is 0.198. The highest BCUT2D eigenvalue weighted by molar-refractivity contribution is 5.58. The fourth-order valence-corrected chi connectivity index (χ4v) is 1.89. The Hall–Kier alpha value is -1.67. The monoisotopic (exact) mass is 218 g/mol. The Balaban J connectivity index is 2.42. The van der Waals surface area contributed by atoms with Gasteiger partial charge in [0.1, 0.15) is 11.6 Å². The largest absolute Gasteiger partial charge is 0.391 e. The molecular formula is C11H14N4O. The second-order valence-corrected chi connectivity index (χ2v) is 4.11. The Morgan fingerprint density at radius 1 is 1.44 bits per heavy atom. The number of nitriles is 1. The van der Waals surface area contributed by atoms with Gasteiger partial charge in [0.05, 0.1) is 11.8 Å². The zero-order valence-electron chi connectivity index (χ0n) is 9.43. The Kier molecular flexibility index (Phi) is 2.75. The molecule has 2 heterocycles. The summed E-state index contributed by atoms with van der Waals surface area (Å²) in [5.74, 6) is 0.599. The van der Waals surface area contributed by atoms with Crippen LogP contribution in [0.4, 0.5) is 5.82 Å². The molecule has 1 aromatic heterocycles. The molecule has 5 nitrogen and oxygen atoms in total. The van der Waals surface area contributed by atoms with E-state index in [1.165, 1.54) is 0 Å². The van der Waals surface area contributed by atoms with Crippen molar-refractivity contribution in [2.24, 2.45) is 0 Å². The van der Waals surface area contributed by atoms with Gasteiger partial charge in [0.25, 0.3) is 0 Å². The second kappa shape index (κ2) is 4.06. The van der Waals surface area contributed by atoms with Gasteiger partial charge >= 0.3 is 0 Å². The van der Waals surface area contributed by atoms with Crippen molar-refractivity contribution in [2.45, 2.75) is 26.4 Å². The first-order chi connectivity index (χ1) is 7.63. The summed E-state index contributed by atoms with van der Waals surface area (Å²) < 4.78 is 0. The van der Waals surface area contributed by atoms with Gasteiger partial charge in [-0.25, -0.2) is 0 Å². The van der Waals surface area contributed by atoms with Crippen LogP contribution in [0.5, 0.6) is 0 Å². The van der Waals surface area contributed by atoms with Crippen LogP contribution in [0, 0.1) is 25.2 Å². The summed E-state index contributed by atoms with van der Waals surface area (Å²) in [5.41, 5.74) is 2.22. The first kappa shape index (κ1) is 10.8. The molecule has 0 saturated carbocycles. The van der Waals surface area contributed by atoms with Crippen LogP contribution in [0.2, 0.25) is 0 Å². The topological polar surface area (TPSA) is 73.0 Å². The second-order valence-electron chi connectivity index (χ2n) is 4.11. The SMILES string of the molecule is Cc1nnc(N2CC[C@H](O)C2)c(C#N)c1C. The molecule has 1 aromatic rings. The third-order valence-electron chi connectivity index (χ3n) is 3.01. The lowest BCUT2D eigenvalue weighted by Crippen LogP contribution is -2.24. The van der Waals surface area contributed by atoms with E-state index in [9.17, 15) is 5.11 Å². The molecule has 0 bridgehead atoms. The fourth-order valence-electron chi connectivity index (χ4n) is 1.89. The van der Waals surface area contributed by atoms with Gasteiger partial charge in [-0.1, -0.05) is 0 Å². The van der Waals surface area contributed by atoms with Crippen molar-refractivity contribution in [1.29, 1.82) is 5.26 Å². The minimum absolute atomic E-state index is 0.324. The molecule has 1 aliphatic heterocycles. The molecule has 1 atom stereocenters. The van der Waals surface area contributed by atoms with Gasteiger partial charge < -0.3 is 10.0 Å². The Morgan fingerprint density at radius 2 is 2.19 bits per heavy atom. The number of aliphatic hydroxyl groups excluding tert-OH is 1. The molecule has 0 aliphatic carbocycles. The highest BCUT2D eigenvalue weighted by Crippen LogP contribution is 2.24. The van der Waals surface area contributed by atoms with E-state index in [4.69, 9.17) is 5.26 Å². The molecule has 2 rings (SSSR count). The Labute approximate surface area is 94.3 Å². The molecule has 16 heavy (non-hydrogen) atoms. The molecule has 1 saturated heterocycles. The minimum atomic E-state index is -0.324. The highest BCUT2D eigenvalue weighted by Gasteiger charge is 2.25. The van der Waals surface area contributed by atoms with Gasteiger partial charge in [-0.05, 0) is 25.8 Å². The fraction of sp³-hybridized carbons (Fsp3) is 0.545. The van der Waals surface area contributed by atoms with Crippen molar-refractivity contribution >= 4 is 5.82 Å². The quantitative estimate of drug-likeness (QED) is 0.744. The number of aliphatic hydroxyl groups is 1. The van der Waals surface area contributed by atoms with E-state index < -0.39 is 0 Å². The summed E-state index contributed by atoms with van der Waals surface area (Å²) in [4.78, 5) is 1.92. The lowest BCUT2D eigenvalue weighted by atomic mass is 10.1. The van der Waals surface area contributed by atoms with Gasteiger partial charge in [0, 0.05) is 13.1 Å². The van der Waals surface area contributed by atoms with Crippen LogP contribution >= 0.6 is 0 Å². The molecule has 1 N–H and O–H groups in total. The average molecular weight is 218 g/mol. The van der Waals surface area contributed by atoms with Crippen molar-refractivity contribution in [2.75, 3.05) is 18.0 Å². The van der Waals surface area contributed by atoms with E-state index in [1.807, 2.05) is 18.7 Å². The van der Waals surface area contributed by atoms with Crippen LogP contribution in [0.3, 0.4) is 0 Å². The molecule has 0 unspecified atom stereocenters. The highest BCUT2D eigenvalue weighted by atomic mass is 16.3. The summed E-state index contributed by atoms with van der Waals surface area (Å²) in [7, 11) is 0. The molecule has 1 fully saturated rings. The van der Waals surface area contributed by atoms with E-state index in [2.05, 4.69) is 16.3 Å². The maximum absolute atomic E-state index is 9.48. The Morgan fingerprint density at radius 3 is 2.75 bits per heavy atom. The van der Waals surface area contributed by atoms with Crippen LogP contribution < -0.4 is 4.90 Å². The van der Waals surface area contributed by atoms with E-state index in [0.29, 0.717) is 17.9 Å². The number of aromatic nitrogens is 2. The van der Waals surface area contributed by atoms with Crippen LogP contribution in [-0.4, -0.2) is 34.5 Å². The third-order valence-corrected chi connectivity index (χ3v) is 3.01. The van der Waals surface area contributed by atoms with Gasteiger partial charge in [0.15, 0.2) is 5.82 Å². The molecule has 1 aliphatic rings. The standard InChI is InChI=1S/C11H14N4O/c1-7-8(2)13-14-11(10(7)5-12)15-4-3-9(16)6-15/h9,16H,3-4,6H2,1-2H3/t9-/m0/s1. The van der Waals surface area contributed by atoms with Gasteiger partial charge in [-0.2, -0.15) is 10.4 Å².